The van der Waals surface area contributed by atoms with Crippen molar-refractivity contribution in [3.63, 3.8) is 0 Å². The lowest BCUT2D eigenvalue weighted by Crippen LogP contribution is -2.26. The SMILES string of the molecule is Cc1cccc(C(=O)Nc2cccc(C(=O)Nc3c[nH]c(=O)[nH]c3=O)c2)c1. The zero-order chi connectivity index (χ0) is 19.4. The highest BCUT2D eigenvalue weighted by molar-refractivity contribution is 6.07. The number of aromatic nitrogens is 2. The number of hydrogen-bond donors (Lipinski definition) is 4. The van der Waals surface area contributed by atoms with Crippen LogP contribution in [0.25, 0.3) is 0 Å². The van der Waals surface area contributed by atoms with Crippen LogP contribution in [-0.4, -0.2) is 21.8 Å². The van der Waals surface area contributed by atoms with E-state index >= 15 is 0 Å². The average Bonchev–Trinajstić information content (AvgIpc) is 2.64. The fourth-order valence-electron chi connectivity index (χ4n) is 2.42. The van der Waals surface area contributed by atoms with Gasteiger partial charge in [0.25, 0.3) is 17.4 Å². The number of hydrogen-bond acceptors (Lipinski definition) is 4. The van der Waals surface area contributed by atoms with Crippen LogP contribution in [-0.2, 0) is 0 Å². The number of amides is 2. The monoisotopic (exact) mass is 364 g/mol. The zero-order valence-electron chi connectivity index (χ0n) is 14.3. The summed E-state index contributed by atoms with van der Waals surface area (Å²) in [6.45, 7) is 1.89. The number of H-pyrrole nitrogens is 2. The molecule has 0 fully saturated rings. The Kier molecular flexibility index (Phi) is 4.98. The normalized spacial score (nSPS) is 10.3. The Morgan fingerprint density at radius 3 is 2.26 bits per heavy atom. The van der Waals surface area contributed by atoms with Crippen molar-refractivity contribution >= 4 is 23.2 Å². The van der Waals surface area contributed by atoms with Crippen LogP contribution in [0.3, 0.4) is 0 Å². The second-order valence-corrected chi connectivity index (χ2v) is 5.84. The minimum Gasteiger partial charge on any atom is -0.322 e. The highest BCUT2D eigenvalue weighted by atomic mass is 16.2. The topological polar surface area (TPSA) is 124 Å². The van der Waals surface area contributed by atoms with Gasteiger partial charge in [0.05, 0.1) is 0 Å². The quantitative estimate of drug-likeness (QED) is 0.564. The first-order valence-electron chi connectivity index (χ1n) is 8.04. The smallest absolute Gasteiger partial charge is 0.322 e. The molecule has 136 valence electrons. The van der Waals surface area contributed by atoms with E-state index in [2.05, 4.69) is 15.6 Å². The molecular formula is C19H16N4O4. The third kappa shape index (κ3) is 4.37. The maximum absolute atomic E-state index is 12.3. The van der Waals surface area contributed by atoms with E-state index in [1.807, 2.05) is 18.0 Å². The van der Waals surface area contributed by atoms with Crippen LogP contribution in [0.4, 0.5) is 11.4 Å². The molecule has 2 amide bonds. The first kappa shape index (κ1) is 17.9. The summed E-state index contributed by atoms with van der Waals surface area (Å²) in [5, 5.41) is 5.14. The van der Waals surface area contributed by atoms with Gasteiger partial charge in [-0.25, -0.2) is 4.79 Å². The van der Waals surface area contributed by atoms with Crippen molar-refractivity contribution in [2.45, 2.75) is 6.92 Å². The van der Waals surface area contributed by atoms with Gasteiger partial charge < -0.3 is 15.6 Å². The molecule has 0 bridgehead atoms. The number of carbonyl (C=O) groups is 2. The Labute approximate surface area is 153 Å². The van der Waals surface area contributed by atoms with Crippen molar-refractivity contribution < 1.29 is 9.59 Å². The van der Waals surface area contributed by atoms with Gasteiger partial charge in [-0.15, -0.1) is 0 Å². The number of aryl methyl sites for hydroxylation is 1. The third-order valence-electron chi connectivity index (χ3n) is 3.73. The summed E-state index contributed by atoms with van der Waals surface area (Å²) in [6.07, 6.45) is 1.11. The molecule has 8 nitrogen and oxygen atoms in total. The summed E-state index contributed by atoms with van der Waals surface area (Å²) in [7, 11) is 0. The minimum absolute atomic E-state index is 0.0891. The number of anilines is 2. The lowest BCUT2D eigenvalue weighted by atomic mass is 10.1. The first-order chi connectivity index (χ1) is 12.9. The Bertz CT molecular complexity index is 1130. The molecular weight excluding hydrogens is 348 g/mol. The number of carbonyl (C=O) groups excluding carboxylic acids is 2. The molecule has 0 unspecified atom stereocenters. The van der Waals surface area contributed by atoms with E-state index in [4.69, 9.17) is 0 Å². The number of rotatable bonds is 4. The van der Waals surface area contributed by atoms with Gasteiger partial charge in [-0.05, 0) is 37.3 Å². The standard InChI is InChI=1S/C19H16N4O4/c1-11-4-2-5-12(8-11)16(24)21-14-7-3-6-13(9-14)17(25)22-15-10-20-19(27)23-18(15)26/h2-10H,1H3,(H,21,24)(H,22,25)(H2,20,23,26,27). The molecule has 1 heterocycles. The number of nitrogens with one attached hydrogen (secondary N) is 4. The van der Waals surface area contributed by atoms with Crippen LogP contribution in [0.2, 0.25) is 0 Å². The van der Waals surface area contributed by atoms with E-state index in [0.29, 0.717) is 11.3 Å². The van der Waals surface area contributed by atoms with Gasteiger partial charge in [-0.2, -0.15) is 0 Å². The first-order valence-corrected chi connectivity index (χ1v) is 8.04. The van der Waals surface area contributed by atoms with E-state index in [1.54, 1.807) is 30.3 Å². The molecule has 3 rings (SSSR count). The summed E-state index contributed by atoms with van der Waals surface area (Å²) in [5.41, 5.74) is 0.669. The van der Waals surface area contributed by atoms with Crippen LogP contribution < -0.4 is 21.9 Å². The Morgan fingerprint density at radius 1 is 0.889 bits per heavy atom. The van der Waals surface area contributed by atoms with Crippen LogP contribution in [0, 0.1) is 6.92 Å². The second kappa shape index (κ2) is 7.52. The fourth-order valence-corrected chi connectivity index (χ4v) is 2.42. The van der Waals surface area contributed by atoms with Gasteiger partial charge in [0.2, 0.25) is 0 Å². The lowest BCUT2D eigenvalue weighted by Gasteiger charge is -2.08. The van der Waals surface area contributed by atoms with Gasteiger partial charge in [0, 0.05) is 23.0 Å². The molecule has 0 aliphatic carbocycles. The molecule has 0 saturated heterocycles. The summed E-state index contributed by atoms with van der Waals surface area (Å²) < 4.78 is 0. The maximum atomic E-state index is 12.3. The molecule has 8 heteroatoms. The second-order valence-electron chi connectivity index (χ2n) is 5.84. The van der Waals surface area contributed by atoms with Crippen molar-refractivity contribution in [2.75, 3.05) is 10.6 Å². The van der Waals surface area contributed by atoms with Crippen LogP contribution in [0.5, 0.6) is 0 Å². The van der Waals surface area contributed by atoms with Crippen molar-refractivity contribution in [3.8, 4) is 0 Å². The molecule has 27 heavy (non-hydrogen) atoms. The van der Waals surface area contributed by atoms with E-state index in [9.17, 15) is 19.2 Å². The molecule has 4 N–H and O–H groups in total. The van der Waals surface area contributed by atoms with Gasteiger partial charge in [-0.1, -0.05) is 23.8 Å². The summed E-state index contributed by atoms with van der Waals surface area (Å²) in [5.74, 6) is -0.854. The van der Waals surface area contributed by atoms with Crippen molar-refractivity contribution in [1.82, 2.24) is 9.97 Å². The zero-order valence-corrected chi connectivity index (χ0v) is 14.3. The number of benzene rings is 2. The van der Waals surface area contributed by atoms with Crippen LogP contribution in [0.15, 0.2) is 64.3 Å². The summed E-state index contributed by atoms with van der Waals surface area (Å²) in [6, 6.07) is 13.4. The molecule has 2 aromatic carbocycles. The predicted octanol–water partition coefficient (Wildman–Crippen LogP) is 1.88. The van der Waals surface area contributed by atoms with Gasteiger partial charge in [0.15, 0.2) is 0 Å². The molecule has 0 aliphatic rings. The largest absolute Gasteiger partial charge is 0.325 e. The molecule has 0 saturated carbocycles. The number of aromatic amines is 2. The van der Waals surface area contributed by atoms with Gasteiger partial charge in [-0.3, -0.25) is 19.4 Å². The predicted molar refractivity (Wildman–Crippen MR) is 101 cm³/mol. The molecule has 0 atom stereocenters. The van der Waals surface area contributed by atoms with Crippen molar-refractivity contribution in [3.05, 3.63) is 92.3 Å². The molecule has 1 aromatic heterocycles. The third-order valence-corrected chi connectivity index (χ3v) is 3.73. The van der Waals surface area contributed by atoms with E-state index in [0.717, 1.165) is 11.8 Å². The maximum Gasteiger partial charge on any atom is 0.325 e. The fraction of sp³-hybridized carbons (Fsp3) is 0.0526. The molecule has 0 spiro atoms. The Morgan fingerprint density at radius 2 is 1.56 bits per heavy atom. The van der Waals surface area contributed by atoms with Crippen LogP contribution in [0.1, 0.15) is 26.3 Å². The summed E-state index contributed by atoms with van der Waals surface area (Å²) >= 11 is 0. The Hall–Kier alpha value is -3.94. The van der Waals surface area contributed by atoms with Crippen molar-refractivity contribution in [2.24, 2.45) is 0 Å². The van der Waals surface area contributed by atoms with Gasteiger partial charge >= 0.3 is 5.69 Å². The van der Waals surface area contributed by atoms with Crippen LogP contribution >= 0.6 is 0 Å². The van der Waals surface area contributed by atoms with E-state index in [-0.39, 0.29) is 17.2 Å². The lowest BCUT2D eigenvalue weighted by molar-refractivity contribution is 0.101. The van der Waals surface area contributed by atoms with E-state index in [1.165, 1.54) is 12.1 Å². The minimum atomic E-state index is -0.712. The highest BCUT2D eigenvalue weighted by Gasteiger charge is 2.11. The van der Waals surface area contributed by atoms with E-state index < -0.39 is 17.2 Å². The Balaban J connectivity index is 1.76. The summed E-state index contributed by atoms with van der Waals surface area (Å²) in [4.78, 5) is 51.6. The van der Waals surface area contributed by atoms with Gasteiger partial charge in [0.1, 0.15) is 5.69 Å². The molecule has 0 radical (unpaired) electrons. The highest BCUT2D eigenvalue weighted by Crippen LogP contribution is 2.14. The average molecular weight is 364 g/mol. The molecule has 0 aliphatic heterocycles. The van der Waals surface area contributed by atoms with Crippen molar-refractivity contribution in [1.29, 1.82) is 0 Å². The molecule has 3 aromatic rings.